The molecule has 2 fully saturated rings. The van der Waals surface area contributed by atoms with E-state index in [1.165, 1.54) is 5.56 Å². The van der Waals surface area contributed by atoms with E-state index < -0.39 is 0 Å². The summed E-state index contributed by atoms with van der Waals surface area (Å²) in [6, 6.07) is 24.8. The van der Waals surface area contributed by atoms with Gasteiger partial charge < -0.3 is 33.4 Å². The number of fused-ring (bicyclic) bond motifs is 4. The Morgan fingerprint density at radius 2 is 1.76 bits per heavy atom. The van der Waals surface area contributed by atoms with Gasteiger partial charge in [-0.15, -0.1) is 0 Å². The molecule has 0 unspecified atom stereocenters. The quantitative estimate of drug-likeness (QED) is 0.212. The van der Waals surface area contributed by atoms with Gasteiger partial charge in [-0.3, -0.25) is 24.3 Å². The third kappa shape index (κ3) is 6.59. The van der Waals surface area contributed by atoms with E-state index in [1.807, 2.05) is 77.6 Å². The molecular formula is C46H47N7O6. The van der Waals surface area contributed by atoms with E-state index in [9.17, 15) is 9.90 Å². The third-order valence-corrected chi connectivity index (χ3v) is 12.7. The zero-order valence-corrected chi connectivity index (χ0v) is 33.5. The highest BCUT2D eigenvalue weighted by atomic mass is 16.7. The summed E-state index contributed by atoms with van der Waals surface area (Å²) < 4.78 is 21.8. The Morgan fingerprint density at radius 3 is 2.61 bits per heavy atom. The first kappa shape index (κ1) is 37.1. The number of morpholine rings is 1. The maximum Gasteiger partial charge on any atom is 0.264 e. The number of aryl methyl sites for hydroxylation is 1. The van der Waals surface area contributed by atoms with Crippen LogP contribution in [0.1, 0.15) is 37.5 Å². The van der Waals surface area contributed by atoms with E-state index in [-0.39, 0.29) is 30.4 Å². The van der Waals surface area contributed by atoms with Crippen molar-refractivity contribution in [3.63, 3.8) is 0 Å². The van der Waals surface area contributed by atoms with E-state index in [1.54, 1.807) is 35.4 Å². The molecule has 0 radical (unpaired) electrons. The lowest BCUT2D eigenvalue weighted by atomic mass is 9.91. The number of aromatic hydroxyl groups is 1. The molecule has 0 bridgehead atoms. The first-order chi connectivity index (χ1) is 28.7. The molecule has 7 heterocycles. The predicted molar refractivity (Wildman–Crippen MR) is 223 cm³/mol. The second kappa shape index (κ2) is 14.9. The molecule has 10 rings (SSSR count). The molecule has 13 heteroatoms. The number of rotatable bonds is 7. The van der Waals surface area contributed by atoms with Gasteiger partial charge >= 0.3 is 0 Å². The Kier molecular flexibility index (Phi) is 9.38. The van der Waals surface area contributed by atoms with Gasteiger partial charge in [-0.25, -0.2) is 4.98 Å². The zero-order valence-electron chi connectivity index (χ0n) is 33.5. The Hall–Kier alpha value is -6.15. The van der Waals surface area contributed by atoms with Crippen LogP contribution >= 0.6 is 0 Å². The van der Waals surface area contributed by atoms with Crippen LogP contribution in [0, 0.1) is 6.92 Å². The number of carbonyl (C=O) groups excluding carboxylic acids is 2. The Balaban J connectivity index is 1.03. The number of nitrogens with zero attached hydrogens (tertiary/aromatic N) is 7. The van der Waals surface area contributed by atoms with E-state index in [4.69, 9.17) is 19.2 Å². The first-order valence-corrected chi connectivity index (χ1v) is 20.3. The van der Waals surface area contributed by atoms with Gasteiger partial charge in [0, 0.05) is 99.7 Å². The van der Waals surface area contributed by atoms with Crippen molar-refractivity contribution in [2.45, 2.75) is 32.0 Å². The molecule has 3 aromatic carbocycles. The number of hydrogen-bond donors (Lipinski definition) is 1. The highest BCUT2D eigenvalue weighted by Crippen LogP contribution is 2.44. The van der Waals surface area contributed by atoms with Gasteiger partial charge in [-0.1, -0.05) is 24.3 Å². The van der Waals surface area contributed by atoms with Gasteiger partial charge in [0.1, 0.15) is 11.4 Å². The van der Waals surface area contributed by atoms with Crippen LogP contribution in [0.4, 0.5) is 11.4 Å². The molecule has 2 amide bonds. The first-order valence-electron chi connectivity index (χ1n) is 20.3. The smallest absolute Gasteiger partial charge is 0.264 e. The van der Waals surface area contributed by atoms with Crippen LogP contribution in [0.15, 0.2) is 91.3 Å². The Labute approximate surface area is 342 Å². The number of phenolic OH excluding ortho intramolecular Hbond substituents is 1. The van der Waals surface area contributed by atoms with Gasteiger partial charge in [0.05, 0.1) is 36.2 Å². The molecule has 4 aliphatic heterocycles. The standard InChI is InChI=1S/C46H47N7O6/c1-29-39(45(55)53(33-8-10-37(54)11-9-33)34-21-31-14-15-48(2)44(31)47-23-34)22-40(49(29)3)38-12-13-41-43(59-28-58-41)42(38)46(56)52-24-32-7-5-4-6-30(32)20-35(52)25-50-16-17-51-18-19-57-27-36(51)26-50/h4-15,21-23,35-36,54H,16-20,24-28H2,1-3H3/t35-,36-/m0/s1. The van der Waals surface area contributed by atoms with Crippen molar-refractivity contribution in [1.82, 2.24) is 28.8 Å². The normalized spacial score (nSPS) is 19.1. The summed E-state index contributed by atoms with van der Waals surface area (Å²) in [6.07, 6.45) is 4.37. The maximum atomic E-state index is 15.4. The van der Waals surface area contributed by atoms with Crippen LogP contribution in [0.25, 0.3) is 22.3 Å². The molecule has 1 N–H and O–H groups in total. The Bertz CT molecular complexity index is 2600. The fourth-order valence-electron chi connectivity index (χ4n) is 9.35. The maximum absolute atomic E-state index is 15.4. The molecule has 59 heavy (non-hydrogen) atoms. The molecule has 6 aromatic rings. The molecule has 13 nitrogen and oxygen atoms in total. The second-order valence-corrected chi connectivity index (χ2v) is 16.1. The molecule has 0 saturated carbocycles. The summed E-state index contributed by atoms with van der Waals surface area (Å²) in [5.41, 5.74) is 7.28. The molecule has 2 atom stereocenters. The van der Waals surface area contributed by atoms with E-state index in [0.29, 0.717) is 63.5 Å². The topological polar surface area (TPSA) is 118 Å². The molecule has 0 spiro atoms. The average molecular weight is 794 g/mol. The molecular weight excluding hydrogens is 747 g/mol. The van der Waals surface area contributed by atoms with Gasteiger partial charge in [-0.05, 0) is 79.1 Å². The van der Waals surface area contributed by atoms with Crippen molar-refractivity contribution in [3.8, 4) is 28.5 Å². The van der Waals surface area contributed by atoms with Gasteiger partial charge in [0.2, 0.25) is 6.79 Å². The summed E-state index contributed by atoms with van der Waals surface area (Å²) in [5.74, 6) is 0.608. The fourth-order valence-corrected chi connectivity index (χ4v) is 9.35. The number of benzene rings is 3. The molecule has 2 saturated heterocycles. The lowest BCUT2D eigenvalue weighted by Crippen LogP contribution is -2.60. The van der Waals surface area contributed by atoms with Crippen molar-refractivity contribution in [2.24, 2.45) is 14.1 Å². The van der Waals surface area contributed by atoms with Crippen molar-refractivity contribution in [1.29, 1.82) is 0 Å². The van der Waals surface area contributed by atoms with Crippen LogP contribution in [-0.2, 0) is 31.8 Å². The number of piperazine rings is 1. The number of aromatic nitrogens is 3. The van der Waals surface area contributed by atoms with Gasteiger partial charge in [-0.2, -0.15) is 0 Å². The summed E-state index contributed by atoms with van der Waals surface area (Å²) in [6.45, 7) is 8.43. The zero-order chi connectivity index (χ0) is 40.4. The third-order valence-electron chi connectivity index (χ3n) is 12.7. The predicted octanol–water partition coefficient (Wildman–Crippen LogP) is 5.88. The van der Waals surface area contributed by atoms with Crippen LogP contribution < -0.4 is 14.4 Å². The van der Waals surface area contributed by atoms with Crippen molar-refractivity contribution < 1.29 is 28.9 Å². The summed E-state index contributed by atoms with van der Waals surface area (Å²) in [4.78, 5) is 43.7. The highest BCUT2D eigenvalue weighted by molar-refractivity contribution is 6.13. The molecule has 302 valence electrons. The van der Waals surface area contributed by atoms with E-state index >= 15 is 4.79 Å². The highest BCUT2D eigenvalue weighted by Gasteiger charge is 2.39. The lowest BCUT2D eigenvalue weighted by Gasteiger charge is -2.46. The number of anilines is 2. The SMILES string of the molecule is Cc1c(C(=O)N(c2ccc(O)cc2)c2cnc3c(ccn3C)c2)cc(-c2ccc3c(c2C(=O)N2Cc4ccccc4C[C@H]2CN2CCN4CCOC[C@@H]4C2)OCO3)n1C. The van der Waals surface area contributed by atoms with Gasteiger partial charge in [0.25, 0.3) is 11.8 Å². The van der Waals surface area contributed by atoms with Crippen LogP contribution in [0.2, 0.25) is 0 Å². The minimum absolute atomic E-state index is 0.0103. The van der Waals surface area contributed by atoms with Crippen molar-refractivity contribution >= 4 is 34.2 Å². The summed E-state index contributed by atoms with van der Waals surface area (Å²) >= 11 is 0. The van der Waals surface area contributed by atoms with Crippen LogP contribution in [-0.4, -0.2) is 111 Å². The minimum Gasteiger partial charge on any atom is -0.508 e. The second-order valence-electron chi connectivity index (χ2n) is 16.1. The number of phenols is 1. The monoisotopic (exact) mass is 793 g/mol. The average Bonchev–Trinajstić information content (AvgIpc) is 3.97. The molecule has 4 aliphatic rings. The van der Waals surface area contributed by atoms with E-state index in [0.717, 1.165) is 69.0 Å². The largest absolute Gasteiger partial charge is 0.508 e. The summed E-state index contributed by atoms with van der Waals surface area (Å²) in [7, 11) is 3.84. The van der Waals surface area contributed by atoms with Crippen molar-refractivity contribution in [2.75, 3.05) is 57.6 Å². The number of hydrogen-bond acceptors (Lipinski definition) is 9. The lowest BCUT2D eigenvalue weighted by molar-refractivity contribution is -0.0485. The van der Waals surface area contributed by atoms with E-state index in [2.05, 4.69) is 28.0 Å². The van der Waals surface area contributed by atoms with Crippen LogP contribution in [0.3, 0.4) is 0 Å². The van der Waals surface area contributed by atoms with Crippen LogP contribution in [0.5, 0.6) is 17.2 Å². The Morgan fingerprint density at radius 1 is 0.932 bits per heavy atom. The number of carbonyl (C=O) groups is 2. The van der Waals surface area contributed by atoms with Gasteiger partial charge in [0.15, 0.2) is 11.5 Å². The fraction of sp³-hybridized carbons (Fsp3) is 0.326. The number of ether oxygens (including phenoxy) is 3. The molecule has 3 aromatic heterocycles. The molecule has 0 aliphatic carbocycles. The minimum atomic E-state index is -0.281. The number of pyridine rings is 1. The number of amides is 2. The van der Waals surface area contributed by atoms with Crippen molar-refractivity contribution in [3.05, 3.63) is 119 Å². The summed E-state index contributed by atoms with van der Waals surface area (Å²) in [5, 5.41) is 11.0.